The van der Waals surface area contributed by atoms with Crippen molar-refractivity contribution in [2.45, 2.75) is 53.6 Å². The zero-order valence-electron chi connectivity index (χ0n) is 20.2. The molecule has 0 spiro atoms. The molecule has 3 N–H and O–H groups in total. The Morgan fingerprint density at radius 3 is 2.32 bits per heavy atom. The molecule has 0 aromatic heterocycles. The summed E-state index contributed by atoms with van der Waals surface area (Å²) >= 11 is 0. The van der Waals surface area contributed by atoms with Crippen molar-refractivity contribution in [1.82, 2.24) is 20.4 Å². The molecule has 1 aromatic carbocycles. The lowest BCUT2D eigenvalue weighted by molar-refractivity contribution is 0.131. The molecule has 176 valence electrons. The van der Waals surface area contributed by atoms with E-state index in [9.17, 15) is 5.11 Å². The van der Waals surface area contributed by atoms with Crippen molar-refractivity contribution in [2.75, 3.05) is 52.4 Å². The number of benzene rings is 1. The summed E-state index contributed by atoms with van der Waals surface area (Å²) in [7, 11) is 0. The van der Waals surface area contributed by atoms with Gasteiger partial charge < -0.3 is 20.6 Å². The van der Waals surface area contributed by atoms with E-state index in [0.717, 1.165) is 71.2 Å². The van der Waals surface area contributed by atoms with Gasteiger partial charge in [-0.2, -0.15) is 0 Å². The molecule has 1 saturated heterocycles. The lowest BCUT2D eigenvalue weighted by atomic mass is 9.94. The van der Waals surface area contributed by atoms with E-state index in [4.69, 9.17) is 4.99 Å². The number of nitrogens with one attached hydrogen (secondary N) is 2. The number of aliphatic imine (C=N–C) groups is 1. The molecule has 1 heterocycles. The van der Waals surface area contributed by atoms with Crippen LogP contribution in [-0.2, 0) is 13.1 Å². The zero-order valence-corrected chi connectivity index (χ0v) is 20.2. The monoisotopic (exact) mass is 431 g/mol. The van der Waals surface area contributed by atoms with E-state index in [2.05, 4.69) is 72.4 Å². The molecule has 2 rings (SSSR count). The molecule has 1 unspecified atom stereocenters. The van der Waals surface area contributed by atoms with Crippen LogP contribution in [0, 0.1) is 11.8 Å². The maximum Gasteiger partial charge on any atom is 0.191 e. The molecule has 1 atom stereocenters. The van der Waals surface area contributed by atoms with Crippen molar-refractivity contribution in [3.05, 3.63) is 35.4 Å². The fourth-order valence-electron chi connectivity index (χ4n) is 4.27. The number of hydrogen-bond acceptors (Lipinski definition) is 4. The maximum absolute atomic E-state index is 9.38. The summed E-state index contributed by atoms with van der Waals surface area (Å²) in [5.74, 6) is 1.95. The van der Waals surface area contributed by atoms with Gasteiger partial charge >= 0.3 is 0 Å². The number of aliphatic hydroxyl groups excluding tert-OH is 1. The van der Waals surface area contributed by atoms with Crippen LogP contribution in [0.15, 0.2) is 29.3 Å². The average Bonchev–Trinajstić information content (AvgIpc) is 2.76. The van der Waals surface area contributed by atoms with Crippen molar-refractivity contribution >= 4 is 5.96 Å². The number of nitrogens with zero attached hydrogens (tertiary/aromatic N) is 3. The second-order valence-corrected chi connectivity index (χ2v) is 9.06. The van der Waals surface area contributed by atoms with Crippen LogP contribution in [-0.4, -0.2) is 73.3 Å². The van der Waals surface area contributed by atoms with E-state index in [1.807, 2.05) is 0 Å². The summed E-state index contributed by atoms with van der Waals surface area (Å²) in [4.78, 5) is 9.96. The first kappa shape index (κ1) is 25.6. The van der Waals surface area contributed by atoms with Gasteiger partial charge in [0.25, 0.3) is 0 Å². The average molecular weight is 432 g/mol. The summed E-state index contributed by atoms with van der Waals surface area (Å²) in [6.45, 7) is 18.2. The first-order valence-corrected chi connectivity index (χ1v) is 12.2. The summed E-state index contributed by atoms with van der Waals surface area (Å²) in [6.07, 6.45) is 1.94. The third kappa shape index (κ3) is 9.58. The van der Waals surface area contributed by atoms with E-state index in [1.165, 1.54) is 11.1 Å². The van der Waals surface area contributed by atoms with Crippen LogP contribution in [0.3, 0.4) is 0 Å². The molecule has 1 aromatic rings. The highest BCUT2D eigenvalue weighted by Crippen LogP contribution is 2.16. The molecule has 6 nitrogen and oxygen atoms in total. The Morgan fingerprint density at radius 1 is 1.03 bits per heavy atom. The Balaban J connectivity index is 1.97. The molecule has 31 heavy (non-hydrogen) atoms. The van der Waals surface area contributed by atoms with E-state index >= 15 is 0 Å². The minimum atomic E-state index is 0.243. The van der Waals surface area contributed by atoms with Gasteiger partial charge in [0.1, 0.15) is 0 Å². The van der Waals surface area contributed by atoms with Gasteiger partial charge in [0.2, 0.25) is 0 Å². The van der Waals surface area contributed by atoms with Crippen molar-refractivity contribution in [1.29, 1.82) is 0 Å². The Bertz CT molecular complexity index is 641. The largest absolute Gasteiger partial charge is 0.396 e. The number of piperazine rings is 1. The van der Waals surface area contributed by atoms with Crippen LogP contribution < -0.4 is 10.6 Å². The van der Waals surface area contributed by atoms with Gasteiger partial charge in [-0.3, -0.25) is 4.90 Å². The van der Waals surface area contributed by atoms with Crippen LogP contribution in [0.2, 0.25) is 0 Å². The van der Waals surface area contributed by atoms with Crippen LogP contribution in [0.1, 0.15) is 51.7 Å². The van der Waals surface area contributed by atoms with Gasteiger partial charge in [0, 0.05) is 52.4 Å². The zero-order chi connectivity index (χ0) is 22.5. The molecule has 1 aliphatic heterocycles. The van der Waals surface area contributed by atoms with Gasteiger partial charge in [-0.15, -0.1) is 0 Å². The topological polar surface area (TPSA) is 63.1 Å². The Labute approximate surface area is 190 Å². The van der Waals surface area contributed by atoms with E-state index in [-0.39, 0.29) is 6.61 Å². The third-order valence-electron chi connectivity index (χ3n) is 6.08. The summed E-state index contributed by atoms with van der Waals surface area (Å²) in [5.41, 5.74) is 2.68. The summed E-state index contributed by atoms with van der Waals surface area (Å²) < 4.78 is 0. The van der Waals surface area contributed by atoms with Crippen LogP contribution >= 0.6 is 0 Å². The molecule has 6 heteroatoms. The predicted molar refractivity (Wildman–Crippen MR) is 131 cm³/mol. The summed E-state index contributed by atoms with van der Waals surface area (Å²) in [6, 6.07) is 8.71. The number of aliphatic hydroxyl groups is 1. The van der Waals surface area contributed by atoms with Crippen LogP contribution in [0.5, 0.6) is 0 Å². The highest BCUT2D eigenvalue weighted by molar-refractivity contribution is 5.79. The van der Waals surface area contributed by atoms with Crippen LogP contribution in [0.4, 0.5) is 0 Å². The van der Waals surface area contributed by atoms with Crippen molar-refractivity contribution in [2.24, 2.45) is 16.8 Å². The van der Waals surface area contributed by atoms with Gasteiger partial charge in [-0.1, -0.05) is 45.0 Å². The third-order valence-corrected chi connectivity index (χ3v) is 6.08. The summed E-state index contributed by atoms with van der Waals surface area (Å²) in [5, 5.41) is 16.3. The van der Waals surface area contributed by atoms with Crippen molar-refractivity contribution in [3.8, 4) is 0 Å². The van der Waals surface area contributed by atoms with Gasteiger partial charge in [0.05, 0.1) is 6.54 Å². The molecule has 0 radical (unpaired) electrons. The molecular weight excluding hydrogens is 386 g/mol. The van der Waals surface area contributed by atoms with Gasteiger partial charge in [0.15, 0.2) is 5.96 Å². The fraction of sp³-hybridized carbons (Fsp3) is 0.720. The molecule has 0 aliphatic carbocycles. The van der Waals surface area contributed by atoms with Gasteiger partial charge in [-0.25, -0.2) is 4.99 Å². The van der Waals surface area contributed by atoms with E-state index in [0.29, 0.717) is 18.4 Å². The predicted octanol–water partition coefficient (Wildman–Crippen LogP) is 2.92. The molecule has 1 fully saturated rings. The maximum atomic E-state index is 9.38. The van der Waals surface area contributed by atoms with Crippen molar-refractivity contribution < 1.29 is 5.11 Å². The lowest BCUT2D eigenvalue weighted by Crippen LogP contribution is -2.45. The second kappa shape index (κ2) is 14.4. The molecule has 0 amide bonds. The fourth-order valence-corrected chi connectivity index (χ4v) is 4.27. The van der Waals surface area contributed by atoms with Crippen LogP contribution in [0.25, 0.3) is 0 Å². The minimum Gasteiger partial charge on any atom is -0.396 e. The molecule has 1 aliphatic rings. The first-order valence-electron chi connectivity index (χ1n) is 12.2. The number of guanidine groups is 1. The van der Waals surface area contributed by atoms with E-state index < -0.39 is 0 Å². The number of likely N-dealkylation sites (N-methyl/N-ethyl adjacent to an activating group) is 1. The molecule has 0 bridgehead atoms. The standard InChI is InChI=1S/C25H45N5O/c1-5-26-25(27-18-22(11-16-31)17-21(3)4)28-19-23-9-7-8-10-24(23)20-30-14-12-29(6-2)13-15-30/h7-10,21-22,31H,5-6,11-20H2,1-4H3,(H2,26,27,28). The highest BCUT2D eigenvalue weighted by atomic mass is 16.3. The minimum absolute atomic E-state index is 0.243. The van der Waals surface area contributed by atoms with Gasteiger partial charge in [-0.05, 0) is 49.3 Å². The smallest absolute Gasteiger partial charge is 0.191 e. The normalized spacial score (nSPS) is 17.2. The Hall–Kier alpha value is -1.63. The molecule has 0 saturated carbocycles. The Morgan fingerprint density at radius 2 is 1.71 bits per heavy atom. The SMILES string of the molecule is CCNC(=NCc1ccccc1CN1CCN(CC)CC1)NCC(CCO)CC(C)C. The highest BCUT2D eigenvalue weighted by Gasteiger charge is 2.16. The Kier molecular flexibility index (Phi) is 11.9. The number of rotatable bonds is 12. The lowest BCUT2D eigenvalue weighted by Gasteiger charge is -2.34. The number of hydrogen-bond donors (Lipinski definition) is 3. The molecular formula is C25H45N5O. The van der Waals surface area contributed by atoms with E-state index in [1.54, 1.807) is 0 Å². The quantitative estimate of drug-likeness (QED) is 0.351. The van der Waals surface area contributed by atoms with Crippen molar-refractivity contribution in [3.63, 3.8) is 0 Å². The second-order valence-electron chi connectivity index (χ2n) is 9.06. The first-order chi connectivity index (χ1) is 15.0.